The van der Waals surface area contributed by atoms with E-state index in [1.165, 1.54) is 12.7 Å². The van der Waals surface area contributed by atoms with E-state index in [2.05, 4.69) is 15.0 Å². The largest absolute Gasteiger partial charge is 0.479 e. The molecular formula is C11H13N5O2. The number of fused-ring (bicyclic) bond motifs is 1. The first-order valence-electron chi connectivity index (χ1n) is 5.58. The lowest BCUT2D eigenvalue weighted by molar-refractivity contribution is 0.281. The first kappa shape index (κ1) is 11.0. The molecule has 0 bridgehead atoms. The number of hydrogen-bond acceptors (Lipinski definition) is 6. The van der Waals surface area contributed by atoms with E-state index in [-0.39, 0.29) is 18.5 Å². The van der Waals surface area contributed by atoms with Crippen molar-refractivity contribution in [2.24, 2.45) is 5.92 Å². The third-order valence-corrected chi connectivity index (χ3v) is 2.97. The minimum absolute atomic E-state index is 0.147. The second-order valence-corrected chi connectivity index (χ2v) is 4.20. The smallest absolute Gasteiger partial charge is 0.246 e. The molecule has 18 heavy (non-hydrogen) atoms. The van der Waals surface area contributed by atoms with Crippen LogP contribution in [0.3, 0.4) is 0 Å². The molecule has 0 amide bonds. The fourth-order valence-corrected chi connectivity index (χ4v) is 1.89. The summed E-state index contributed by atoms with van der Waals surface area (Å²) in [5.74, 6) is 0.779. The SMILES string of the molecule is COc1nc(N)nc2c1ncn2C=C1CC1CO. The number of anilines is 1. The van der Waals surface area contributed by atoms with E-state index in [1.807, 2.05) is 6.20 Å². The van der Waals surface area contributed by atoms with Crippen molar-refractivity contribution in [3.8, 4) is 5.88 Å². The summed E-state index contributed by atoms with van der Waals surface area (Å²) in [5.41, 5.74) is 7.98. The lowest BCUT2D eigenvalue weighted by Crippen LogP contribution is -2.00. The van der Waals surface area contributed by atoms with Crippen LogP contribution in [0.25, 0.3) is 17.4 Å². The highest BCUT2D eigenvalue weighted by atomic mass is 16.5. The Labute approximate surface area is 103 Å². The van der Waals surface area contributed by atoms with E-state index >= 15 is 0 Å². The quantitative estimate of drug-likeness (QED) is 0.807. The van der Waals surface area contributed by atoms with Gasteiger partial charge in [-0.1, -0.05) is 0 Å². The van der Waals surface area contributed by atoms with Crippen molar-refractivity contribution in [2.45, 2.75) is 6.42 Å². The van der Waals surface area contributed by atoms with Crippen molar-refractivity contribution in [3.05, 3.63) is 11.9 Å². The number of methoxy groups -OCH3 is 1. The van der Waals surface area contributed by atoms with Crippen LogP contribution >= 0.6 is 0 Å². The second-order valence-electron chi connectivity index (χ2n) is 4.20. The molecule has 7 nitrogen and oxygen atoms in total. The zero-order valence-corrected chi connectivity index (χ0v) is 9.87. The van der Waals surface area contributed by atoms with Crippen molar-refractivity contribution in [1.29, 1.82) is 0 Å². The number of aromatic nitrogens is 4. The fraction of sp³-hybridized carbons (Fsp3) is 0.364. The molecule has 0 saturated heterocycles. The average molecular weight is 247 g/mol. The van der Waals surface area contributed by atoms with Gasteiger partial charge in [0.05, 0.1) is 7.11 Å². The van der Waals surface area contributed by atoms with Crippen LogP contribution in [0.1, 0.15) is 6.42 Å². The predicted octanol–water partition coefficient (Wildman–Crippen LogP) is 0.270. The number of aliphatic hydroxyl groups excluding tert-OH is 1. The monoisotopic (exact) mass is 247 g/mol. The Kier molecular flexibility index (Phi) is 2.41. The Morgan fingerprint density at radius 1 is 1.61 bits per heavy atom. The van der Waals surface area contributed by atoms with Crippen molar-refractivity contribution >= 4 is 23.3 Å². The Balaban J connectivity index is 2.09. The summed E-state index contributed by atoms with van der Waals surface area (Å²) >= 11 is 0. The molecule has 1 aliphatic rings. The van der Waals surface area contributed by atoms with Gasteiger partial charge in [-0.2, -0.15) is 9.97 Å². The molecule has 2 heterocycles. The lowest BCUT2D eigenvalue weighted by Gasteiger charge is -2.01. The Morgan fingerprint density at radius 3 is 3.11 bits per heavy atom. The number of imidazole rings is 1. The Hall–Kier alpha value is -2.15. The summed E-state index contributed by atoms with van der Waals surface area (Å²) in [5, 5.41) is 9.01. The molecule has 1 unspecified atom stereocenters. The van der Waals surface area contributed by atoms with Crippen LogP contribution in [-0.4, -0.2) is 38.3 Å². The van der Waals surface area contributed by atoms with E-state index in [0.717, 1.165) is 6.42 Å². The van der Waals surface area contributed by atoms with Gasteiger partial charge in [-0.3, -0.25) is 4.57 Å². The number of aliphatic hydroxyl groups is 1. The molecule has 3 rings (SSSR count). The van der Waals surface area contributed by atoms with Gasteiger partial charge in [0, 0.05) is 18.7 Å². The second kappa shape index (κ2) is 3.95. The highest BCUT2D eigenvalue weighted by Gasteiger charge is 2.29. The van der Waals surface area contributed by atoms with Gasteiger partial charge in [-0.25, -0.2) is 4.98 Å². The van der Waals surface area contributed by atoms with Gasteiger partial charge in [-0.15, -0.1) is 0 Å². The molecule has 1 atom stereocenters. The number of ether oxygens (including phenoxy) is 1. The number of nitrogen functional groups attached to an aromatic ring is 1. The summed E-state index contributed by atoms with van der Waals surface area (Å²) in [6, 6.07) is 0. The molecule has 0 radical (unpaired) electrons. The third kappa shape index (κ3) is 1.68. The number of rotatable bonds is 3. The highest BCUT2D eigenvalue weighted by Crippen LogP contribution is 2.38. The molecule has 2 aromatic rings. The number of hydrogen-bond donors (Lipinski definition) is 2. The minimum Gasteiger partial charge on any atom is -0.479 e. The molecule has 3 N–H and O–H groups in total. The van der Waals surface area contributed by atoms with Gasteiger partial charge < -0.3 is 15.6 Å². The van der Waals surface area contributed by atoms with Crippen LogP contribution in [0.5, 0.6) is 5.88 Å². The van der Waals surface area contributed by atoms with Crippen LogP contribution in [-0.2, 0) is 0 Å². The van der Waals surface area contributed by atoms with Crippen LogP contribution in [0, 0.1) is 5.92 Å². The summed E-state index contributed by atoms with van der Waals surface area (Å²) < 4.78 is 6.90. The molecule has 1 fully saturated rings. The maximum atomic E-state index is 9.01. The van der Waals surface area contributed by atoms with E-state index < -0.39 is 0 Å². The van der Waals surface area contributed by atoms with Gasteiger partial charge in [0.25, 0.3) is 0 Å². The summed E-state index contributed by atoms with van der Waals surface area (Å²) in [6.07, 6.45) is 4.47. The zero-order valence-electron chi connectivity index (χ0n) is 9.87. The molecule has 1 saturated carbocycles. The third-order valence-electron chi connectivity index (χ3n) is 2.97. The van der Waals surface area contributed by atoms with E-state index in [0.29, 0.717) is 17.0 Å². The zero-order chi connectivity index (χ0) is 12.7. The van der Waals surface area contributed by atoms with Gasteiger partial charge >= 0.3 is 0 Å². The number of nitrogens with two attached hydrogens (primary N) is 1. The Morgan fingerprint density at radius 2 is 2.44 bits per heavy atom. The summed E-state index contributed by atoms with van der Waals surface area (Å²) in [6.45, 7) is 0.179. The maximum absolute atomic E-state index is 9.01. The molecule has 0 aromatic carbocycles. The molecule has 1 aliphatic carbocycles. The van der Waals surface area contributed by atoms with Crippen molar-refractivity contribution in [1.82, 2.24) is 19.5 Å². The van der Waals surface area contributed by atoms with Crippen molar-refractivity contribution < 1.29 is 9.84 Å². The van der Waals surface area contributed by atoms with Gasteiger partial charge in [-0.05, 0) is 12.0 Å². The first-order chi connectivity index (χ1) is 8.72. The van der Waals surface area contributed by atoms with E-state index in [9.17, 15) is 0 Å². The first-order valence-corrected chi connectivity index (χ1v) is 5.58. The van der Waals surface area contributed by atoms with Crippen molar-refractivity contribution in [2.75, 3.05) is 19.5 Å². The average Bonchev–Trinajstić information content (AvgIpc) is 3.01. The highest BCUT2D eigenvalue weighted by molar-refractivity contribution is 5.79. The fourth-order valence-electron chi connectivity index (χ4n) is 1.89. The molecule has 0 spiro atoms. The summed E-state index contributed by atoms with van der Waals surface area (Å²) in [7, 11) is 1.52. The van der Waals surface area contributed by atoms with Gasteiger partial charge in [0.15, 0.2) is 11.2 Å². The van der Waals surface area contributed by atoms with Crippen LogP contribution in [0.4, 0.5) is 5.95 Å². The van der Waals surface area contributed by atoms with E-state index in [4.69, 9.17) is 15.6 Å². The normalized spacial score (nSPS) is 20.6. The topological polar surface area (TPSA) is 99.1 Å². The van der Waals surface area contributed by atoms with Crippen LogP contribution < -0.4 is 10.5 Å². The minimum atomic E-state index is 0.147. The predicted molar refractivity (Wildman–Crippen MR) is 65.8 cm³/mol. The van der Waals surface area contributed by atoms with Gasteiger partial charge in [0.2, 0.25) is 11.8 Å². The molecule has 0 aliphatic heterocycles. The lowest BCUT2D eigenvalue weighted by atomic mass is 10.4. The van der Waals surface area contributed by atoms with Gasteiger partial charge in [0.1, 0.15) is 6.33 Å². The van der Waals surface area contributed by atoms with Crippen LogP contribution in [0.2, 0.25) is 0 Å². The Bertz CT molecular complexity index is 634. The van der Waals surface area contributed by atoms with Crippen molar-refractivity contribution in [3.63, 3.8) is 0 Å². The molecular weight excluding hydrogens is 234 g/mol. The van der Waals surface area contributed by atoms with E-state index in [1.54, 1.807) is 10.9 Å². The standard InChI is InChI=1S/C11H13N5O2/c1-18-10-8-9(14-11(12)15-10)16(5-13-8)3-6-2-7(6)4-17/h3,5,7,17H,2,4H2,1H3,(H2,12,14,15). The maximum Gasteiger partial charge on any atom is 0.246 e. The van der Waals surface area contributed by atoms with Crippen LogP contribution in [0.15, 0.2) is 11.9 Å². The molecule has 2 aromatic heterocycles. The number of nitrogens with zero attached hydrogens (tertiary/aromatic N) is 4. The molecule has 94 valence electrons. The molecule has 7 heteroatoms. The summed E-state index contributed by atoms with van der Waals surface area (Å²) in [4.78, 5) is 12.3.